The highest BCUT2D eigenvalue weighted by atomic mass is 32.2. The third kappa shape index (κ3) is 3.41. The van der Waals surface area contributed by atoms with Crippen LogP contribution in [0.1, 0.15) is 17.2 Å². The van der Waals surface area contributed by atoms with Crippen LogP contribution in [-0.2, 0) is 15.8 Å². The molecule has 2 aromatic carbocycles. The van der Waals surface area contributed by atoms with Crippen molar-refractivity contribution in [1.29, 1.82) is 0 Å². The van der Waals surface area contributed by atoms with Gasteiger partial charge in [0.25, 0.3) is 0 Å². The van der Waals surface area contributed by atoms with Gasteiger partial charge in [0.15, 0.2) is 0 Å². The van der Waals surface area contributed by atoms with E-state index < -0.39 is 18.1 Å². The smallest absolute Gasteiger partial charge is 0.212 e. The number of sulfonamides is 1. The molecular weight excluding hydrogens is 322 g/mol. The molecule has 3 rings (SSSR count). The Kier molecular flexibility index (Phi) is 4.21. The molecule has 1 fully saturated rings. The largest absolute Gasteiger partial charge is 0.218 e. The predicted octanol–water partition coefficient (Wildman–Crippen LogP) is 3.82. The third-order valence-corrected chi connectivity index (χ3v) is 8.65. The summed E-state index contributed by atoms with van der Waals surface area (Å²) in [5.74, 6) is 0.0815. The molecule has 0 aliphatic carbocycles. The van der Waals surface area contributed by atoms with Gasteiger partial charge < -0.3 is 0 Å². The van der Waals surface area contributed by atoms with Crippen LogP contribution in [0.25, 0.3) is 0 Å². The Morgan fingerprint density at radius 3 is 1.96 bits per heavy atom. The fourth-order valence-corrected chi connectivity index (χ4v) is 8.68. The molecule has 0 radical (unpaired) electrons. The fourth-order valence-electron chi connectivity index (χ4n) is 3.25. The lowest BCUT2D eigenvalue weighted by molar-refractivity contribution is 0.550. The predicted molar refractivity (Wildman–Crippen MR) is 97.2 cm³/mol. The fraction of sp³-hybridized carbons (Fsp3) is 0.333. The molecule has 0 bridgehead atoms. The van der Waals surface area contributed by atoms with Crippen molar-refractivity contribution in [2.45, 2.75) is 37.1 Å². The molecule has 0 spiro atoms. The summed E-state index contributed by atoms with van der Waals surface area (Å²) in [6.07, 6.45) is 0. The average Bonchev–Trinajstić information content (AvgIpc) is 3.25. The van der Waals surface area contributed by atoms with E-state index in [0.29, 0.717) is 0 Å². The minimum Gasteiger partial charge on any atom is -0.212 e. The number of rotatable bonds is 5. The molecule has 3 atom stereocenters. The first-order valence-electron chi connectivity index (χ1n) is 7.91. The van der Waals surface area contributed by atoms with Gasteiger partial charge in [0.1, 0.15) is 0 Å². The Balaban J connectivity index is 1.90. The average molecular weight is 346 g/mol. The van der Waals surface area contributed by atoms with Gasteiger partial charge >= 0.3 is 0 Å². The molecule has 0 aromatic heterocycles. The van der Waals surface area contributed by atoms with E-state index in [9.17, 15) is 8.42 Å². The van der Waals surface area contributed by atoms with Crippen LogP contribution in [0.5, 0.6) is 0 Å². The second kappa shape index (κ2) is 5.89. The van der Waals surface area contributed by atoms with Gasteiger partial charge in [-0.15, -0.1) is 0 Å². The summed E-state index contributed by atoms with van der Waals surface area (Å²) in [5, 5.41) is 0. The van der Waals surface area contributed by atoms with Gasteiger partial charge in [0.05, 0.1) is 19.9 Å². The second-order valence-electron chi connectivity index (χ2n) is 7.24. The lowest BCUT2D eigenvalue weighted by Gasteiger charge is -2.15. The minimum absolute atomic E-state index is 0.0107. The van der Waals surface area contributed by atoms with Crippen LogP contribution in [0.4, 0.5) is 0 Å². The topological polar surface area (TPSA) is 37.1 Å². The SMILES string of the molecule is C[Si](C)(C)[C@@H]1[C@H](c2ccccc2)N1S(=O)(=O)Cc1ccccc1. The van der Waals surface area contributed by atoms with Crippen molar-refractivity contribution in [3.05, 3.63) is 71.8 Å². The maximum absolute atomic E-state index is 13.0. The van der Waals surface area contributed by atoms with E-state index in [1.54, 1.807) is 4.31 Å². The Labute approximate surface area is 140 Å². The highest BCUT2D eigenvalue weighted by molar-refractivity contribution is 7.88. The van der Waals surface area contributed by atoms with Crippen molar-refractivity contribution in [2.75, 3.05) is 0 Å². The number of benzene rings is 2. The number of hydrogen-bond donors (Lipinski definition) is 0. The van der Waals surface area contributed by atoms with Crippen LogP contribution >= 0.6 is 0 Å². The quantitative estimate of drug-likeness (QED) is 0.610. The first-order chi connectivity index (χ1) is 10.8. The van der Waals surface area contributed by atoms with Crippen molar-refractivity contribution >= 4 is 18.1 Å². The van der Waals surface area contributed by atoms with Crippen molar-refractivity contribution in [3.63, 3.8) is 0 Å². The first kappa shape index (κ1) is 16.4. The Hall–Kier alpha value is -1.43. The molecule has 1 aliphatic heterocycles. The highest BCUT2D eigenvalue weighted by Crippen LogP contribution is 2.50. The first-order valence-corrected chi connectivity index (χ1v) is 13.1. The molecule has 1 unspecified atom stereocenters. The van der Waals surface area contributed by atoms with Crippen LogP contribution in [0.2, 0.25) is 19.6 Å². The number of hydrogen-bond acceptors (Lipinski definition) is 2. The summed E-state index contributed by atoms with van der Waals surface area (Å²) in [7, 11) is -4.91. The minimum atomic E-state index is -3.30. The van der Waals surface area contributed by atoms with Crippen LogP contribution in [0.15, 0.2) is 60.7 Å². The standard InChI is InChI=1S/C18H23NO2SSi/c1-23(2,3)18-17(16-12-8-5-9-13-16)19(18)22(20,21)14-15-10-6-4-7-11-15/h4-13,17-18H,14H2,1-3H3/t17-,18+,19?/m0/s1. The van der Waals surface area contributed by atoms with E-state index in [1.165, 1.54) is 0 Å². The van der Waals surface area contributed by atoms with E-state index in [0.717, 1.165) is 11.1 Å². The molecule has 0 amide bonds. The van der Waals surface area contributed by atoms with Crippen LogP contribution in [-0.4, -0.2) is 26.5 Å². The van der Waals surface area contributed by atoms with Crippen molar-refractivity contribution < 1.29 is 8.42 Å². The zero-order valence-electron chi connectivity index (χ0n) is 13.8. The monoisotopic (exact) mass is 345 g/mol. The molecule has 5 heteroatoms. The molecule has 122 valence electrons. The van der Waals surface area contributed by atoms with Crippen molar-refractivity contribution in [2.24, 2.45) is 0 Å². The maximum atomic E-state index is 13.0. The van der Waals surface area contributed by atoms with Gasteiger partial charge in [0.2, 0.25) is 10.0 Å². The van der Waals surface area contributed by atoms with Gasteiger partial charge in [-0.1, -0.05) is 80.3 Å². The Bertz CT molecular complexity index is 770. The molecule has 2 aromatic rings. The van der Waals surface area contributed by atoms with Gasteiger partial charge in [-0.2, -0.15) is 4.31 Å². The molecule has 23 heavy (non-hydrogen) atoms. The summed E-state index contributed by atoms with van der Waals surface area (Å²) < 4.78 is 27.7. The second-order valence-corrected chi connectivity index (χ2v) is 14.4. The molecule has 0 N–H and O–H groups in total. The summed E-state index contributed by atoms with van der Waals surface area (Å²) in [6, 6.07) is 19.5. The Morgan fingerprint density at radius 2 is 1.43 bits per heavy atom. The van der Waals surface area contributed by atoms with Crippen LogP contribution in [0, 0.1) is 0 Å². The van der Waals surface area contributed by atoms with Crippen LogP contribution < -0.4 is 0 Å². The van der Waals surface area contributed by atoms with Gasteiger partial charge in [-0.3, -0.25) is 0 Å². The lowest BCUT2D eigenvalue weighted by Crippen LogP contribution is -2.33. The molecule has 1 saturated heterocycles. The van der Waals surface area contributed by atoms with Crippen molar-refractivity contribution in [3.8, 4) is 0 Å². The highest BCUT2D eigenvalue weighted by Gasteiger charge is 2.60. The zero-order chi connectivity index (χ0) is 16.7. The molecule has 1 aliphatic rings. The summed E-state index contributed by atoms with van der Waals surface area (Å²) in [6.45, 7) is 6.73. The van der Waals surface area contributed by atoms with Crippen LogP contribution in [0.3, 0.4) is 0 Å². The molecule has 1 heterocycles. The maximum Gasteiger partial charge on any atom is 0.218 e. The number of nitrogens with zero attached hydrogens (tertiary/aromatic N) is 1. The van der Waals surface area contributed by atoms with E-state index in [-0.39, 0.29) is 17.5 Å². The third-order valence-electron chi connectivity index (χ3n) is 4.30. The zero-order valence-corrected chi connectivity index (χ0v) is 15.6. The van der Waals surface area contributed by atoms with Gasteiger partial charge in [-0.25, -0.2) is 8.42 Å². The van der Waals surface area contributed by atoms with Crippen molar-refractivity contribution in [1.82, 2.24) is 4.31 Å². The summed E-state index contributed by atoms with van der Waals surface area (Å²) in [4.78, 5) is 0. The van der Waals surface area contributed by atoms with E-state index >= 15 is 0 Å². The van der Waals surface area contributed by atoms with E-state index in [4.69, 9.17) is 0 Å². The van der Waals surface area contributed by atoms with E-state index in [2.05, 4.69) is 19.6 Å². The molecular formula is C18H23NO2SSi. The summed E-state index contributed by atoms with van der Waals surface area (Å²) in [5.41, 5.74) is 2.11. The van der Waals surface area contributed by atoms with E-state index in [1.807, 2.05) is 60.7 Å². The molecule has 0 saturated carbocycles. The Morgan fingerprint density at radius 1 is 0.913 bits per heavy atom. The normalized spacial score (nSPS) is 24.4. The lowest BCUT2D eigenvalue weighted by atomic mass is 10.2. The summed E-state index contributed by atoms with van der Waals surface area (Å²) >= 11 is 0. The van der Waals surface area contributed by atoms with Gasteiger partial charge in [0, 0.05) is 5.67 Å². The van der Waals surface area contributed by atoms with Gasteiger partial charge in [-0.05, 0) is 11.1 Å². The molecule has 3 nitrogen and oxygen atoms in total.